The van der Waals surface area contributed by atoms with E-state index in [1.54, 1.807) is 18.5 Å². The Kier molecular flexibility index (Phi) is 3.74. The first-order valence-electron chi connectivity index (χ1n) is 4.83. The summed E-state index contributed by atoms with van der Waals surface area (Å²) in [6, 6.07) is 1.69. The maximum absolute atomic E-state index is 11.4. The Morgan fingerprint density at radius 3 is 2.60 bits per heavy atom. The number of hydrogen-bond acceptors (Lipinski definition) is 4. The molecule has 15 heavy (non-hydrogen) atoms. The lowest BCUT2D eigenvalue weighted by atomic mass is 10.00. The molecule has 1 rings (SSSR count). The van der Waals surface area contributed by atoms with Gasteiger partial charge in [-0.2, -0.15) is 0 Å². The van der Waals surface area contributed by atoms with E-state index in [4.69, 9.17) is 5.73 Å². The second-order valence-corrected chi connectivity index (χ2v) is 4.11. The highest BCUT2D eigenvalue weighted by Crippen LogP contribution is 2.07. The summed E-state index contributed by atoms with van der Waals surface area (Å²) in [5.41, 5.74) is 5.44. The fourth-order valence-corrected chi connectivity index (χ4v) is 0.987. The van der Waals surface area contributed by atoms with Gasteiger partial charge in [0.25, 0.3) is 0 Å². The molecule has 0 aliphatic rings. The van der Waals surface area contributed by atoms with Gasteiger partial charge in [0.1, 0.15) is 0 Å². The SMILES string of the molecule is CC(C)(N)CCC(=O)Nc1ncccn1. The summed E-state index contributed by atoms with van der Waals surface area (Å²) >= 11 is 0. The lowest BCUT2D eigenvalue weighted by Gasteiger charge is -2.17. The Morgan fingerprint density at radius 2 is 2.07 bits per heavy atom. The molecule has 82 valence electrons. The number of hydrogen-bond donors (Lipinski definition) is 2. The van der Waals surface area contributed by atoms with Crippen LogP contribution < -0.4 is 11.1 Å². The topological polar surface area (TPSA) is 80.9 Å². The van der Waals surface area contributed by atoms with Crippen molar-refractivity contribution in [3.8, 4) is 0 Å². The third-order valence-electron chi connectivity index (χ3n) is 1.81. The van der Waals surface area contributed by atoms with E-state index in [1.165, 1.54) is 0 Å². The minimum absolute atomic E-state index is 0.111. The molecule has 1 amide bonds. The van der Waals surface area contributed by atoms with E-state index in [0.717, 1.165) is 0 Å². The minimum atomic E-state index is -0.325. The fraction of sp³-hybridized carbons (Fsp3) is 0.500. The van der Waals surface area contributed by atoms with Gasteiger partial charge >= 0.3 is 0 Å². The smallest absolute Gasteiger partial charge is 0.229 e. The van der Waals surface area contributed by atoms with Crippen LogP contribution in [0, 0.1) is 0 Å². The molecule has 0 aliphatic carbocycles. The van der Waals surface area contributed by atoms with Crippen LogP contribution in [0.1, 0.15) is 26.7 Å². The van der Waals surface area contributed by atoms with Crippen molar-refractivity contribution < 1.29 is 4.79 Å². The molecule has 0 saturated carbocycles. The number of carbonyl (C=O) groups is 1. The van der Waals surface area contributed by atoms with Crippen LogP contribution in [-0.2, 0) is 4.79 Å². The summed E-state index contributed by atoms with van der Waals surface area (Å²) in [5.74, 6) is 0.219. The molecular weight excluding hydrogens is 192 g/mol. The Balaban J connectivity index is 2.38. The van der Waals surface area contributed by atoms with E-state index in [0.29, 0.717) is 18.8 Å². The minimum Gasteiger partial charge on any atom is -0.326 e. The van der Waals surface area contributed by atoms with Crippen molar-refractivity contribution in [3.05, 3.63) is 18.5 Å². The number of rotatable bonds is 4. The van der Waals surface area contributed by atoms with Gasteiger partial charge in [-0.05, 0) is 26.3 Å². The Labute approximate surface area is 89.1 Å². The van der Waals surface area contributed by atoms with Crippen molar-refractivity contribution in [2.75, 3.05) is 5.32 Å². The van der Waals surface area contributed by atoms with Gasteiger partial charge in [0.2, 0.25) is 11.9 Å². The Morgan fingerprint density at radius 1 is 1.47 bits per heavy atom. The number of nitrogens with two attached hydrogens (primary N) is 1. The molecule has 0 bridgehead atoms. The zero-order chi connectivity index (χ0) is 11.3. The standard InChI is InChI=1S/C10H16N4O/c1-10(2,11)5-4-8(15)14-9-12-6-3-7-13-9/h3,6-7H,4-5,11H2,1-2H3,(H,12,13,14,15). The number of nitrogens with zero attached hydrogens (tertiary/aromatic N) is 2. The number of amides is 1. The van der Waals surface area contributed by atoms with E-state index in [1.807, 2.05) is 13.8 Å². The Bertz CT molecular complexity index is 318. The summed E-state index contributed by atoms with van der Waals surface area (Å²) in [4.78, 5) is 19.2. The van der Waals surface area contributed by atoms with Crippen LogP contribution in [0.15, 0.2) is 18.5 Å². The maximum Gasteiger partial charge on any atom is 0.229 e. The third-order valence-corrected chi connectivity index (χ3v) is 1.81. The second-order valence-electron chi connectivity index (χ2n) is 4.11. The van der Waals surface area contributed by atoms with Crippen LogP contribution in [0.2, 0.25) is 0 Å². The molecule has 0 spiro atoms. The van der Waals surface area contributed by atoms with Crippen molar-refractivity contribution in [3.63, 3.8) is 0 Å². The first kappa shape index (κ1) is 11.6. The van der Waals surface area contributed by atoms with Crippen LogP contribution in [0.4, 0.5) is 5.95 Å². The van der Waals surface area contributed by atoms with Crippen LogP contribution in [0.3, 0.4) is 0 Å². The summed E-state index contributed by atoms with van der Waals surface area (Å²) in [5, 5.41) is 2.60. The highest BCUT2D eigenvalue weighted by Gasteiger charge is 2.13. The molecule has 0 radical (unpaired) electrons. The summed E-state index contributed by atoms with van der Waals surface area (Å²) in [7, 11) is 0. The van der Waals surface area contributed by atoms with Gasteiger partial charge < -0.3 is 5.73 Å². The van der Waals surface area contributed by atoms with Gasteiger partial charge in [-0.25, -0.2) is 9.97 Å². The second kappa shape index (κ2) is 4.84. The average molecular weight is 208 g/mol. The predicted octanol–water partition coefficient (Wildman–Crippen LogP) is 0.933. The largest absolute Gasteiger partial charge is 0.326 e. The first-order chi connectivity index (χ1) is 6.97. The van der Waals surface area contributed by atoms with Crippen LogP contribution in [0.5, 0.6) is 0 Å². The molecule has 3 N–H and O–H groups in total. The fourth-order valence-electron chi connectivity index (χ4n) is 0.987. The summed E-state index contributed by atoms with van der Waals surface area (Å²) in [6.45, 7) is 3.78. The van der Waals surface area contributed by atoms with Crippen molar-refractivity contribution in [2.45, 2.75) is 32.2 Å². The van der Waals surface area contributed by atoms with E-state index in [2.05, 4.69) is 15.3 Å². The van der Waals surface area contributed by atoms with E-state index >= 15 is 0 Å². The predicted molar refractivity (Wildman–Crippen MR) is 58.2 cm³/mol. The molecule has 1 aromatic rings. The average Bonchev–Trinajstić information content (AvgIpc) is 2.15. The van der Waals surface area contributed by atoms with E-state index < -0.39 is 0 Å². The number of anilines is 1. The molecule has 0 saturated heterocycles. The maximum atomic E-state index is 11.4. The van der Waals surface area contributed by atoms with E-state index in [9.17, 15) is 4.79 Å². The van der Waals surface area contributed by atoms with Crippen molar-refractivity contribution in [2.24, 2.45) is 5.73 Å². The molecule has 1 heterocycles. The van der Waals surface area contributed by atoms with Gasteiger partial charge in [-0.1, -0.05) is 0 Å². The van der Waals surface area contributed by atoms with Gasteiger partial charge in [0.05, 0.1) is 0 Å². The molecule has 0 aromatic carbocycles. The lowest BCUT2D eigenvalue weighted by molar-refractivity contribution is -0.116. The molecule has 5 nitrogen and oxygen atoms in total. The molecule has 1 aromatic heterocycles. The molecule has 5 heteroatoms. The molecule has 0 fully saturated rings. The molecule has 0 atom stereocenters. The van der Waals surface area contributed by atoms with Gasteiger partial charge in [0, 0.05) is 24.4 Å². The number of nitrogens with one attached hydrogen (secondary N) is 1. The molecular formula is C10H16N4O. The highest BCUT2D eigenvalue weighted by atomic mass is 16.1. The Hall–Kier alpha value is -1.49. The van der Waals surface area contributed by atoms with Gasteiger partial charge in [0.15, 0.2) is 0 Å². The van der Waals surface area contributed by atoms with Crippen LogP contribution >= 0.6 is 0 Å². The van der Waals surface area contributed by atoms with Crippen molar-refractivity contribution >= 4 is 11.9 Å². The van der Waals surface area contributed by atoms with Gasteiger partial charge in [-0.3, -0.25) is 10.1 Å². The highest BCUT2D eigenvalue weighted by molar-refractivity contribution is 5.88. The van der Waals surface area contributed by atoms with Gasteiger partial charge in [-0.15, -0.1) is 0 Å². The van der Waals surface area contributed by atoms with Crippen LogP contribution in [-0.4, -0.2) is 21.4 Å². The monoisotopic (exact) mass is 208 g/mol. The van der Waals surface area contributed by atoms with Crippen molar-refractivity contribution in [1.82, 2.24) is 9.97 Å². The summed E-state index contributed by atoms with van der Waals surface area (Å²) in [6.07, 6.45) is 4.17. The first-order valence-corrected chi connectivity index (χ1v) is 4.83. The summed E-state index contributed by atoms with van der Waals surface area (Å²) < 4.78 is 0. The van der Waals surface area contributed by atoms with Crippen LogP contribution in [0.25, 0.3) is 0 Å². The molecule has 0 aliphatic heterocycles. The quantitative estimate of drug-likeness (QED) is 0.771. The van der Waals surface area contributed by atoms with Crippen molar-refractivity contribution in [1.29, 1.82) is 0 Å². The van der Waals surface area contributed by atoms with E-state index in [-0.39, 0.29) is 11.4 Å². The third kappa shape index (κ3) is 5.07. The zero-order valence-electron chi connectivity index (χ0n) is 9.03. The molecule has 0 unspecified atom stereocenters. The zero-order valence-corrected chi connectivity index (χ0v) is 9.03. The normalized spacial score (nSPS) is 11.1. The lowest BCUT2D eigenvalue weighted by Crippen LogP contribution is -2.33. The number of carbonyl (C=O) groups excluding carboxylic acids is 1. The number of aromatic nitrogens is 2.